The first kappa shape index (κ1) is 26.4. The van der Waals surface area contributed by atoms with E-state index in [9.17, 15) is 0 Å². The Hall–Kier alpha value is -2.66. The monoisotopic (exact) mass is 488 g/mol. The first-order chi connectivity index (χ1) is 17.7. The molecular formula is C31H44N4O. The van der Waals surface area contributed by atoms with E-state index in [-0.39, 0.29) is 0 Å². The highest BCUT2D eigenvalue weighted by Gasteiger charge is 2.20. The second-order valence-electron chi connectivity index (χ2n) is 10.6. The molecule has 3 aromatic rings. The van der Waals surface area contributed by atoms with Crippen molar-refractivity contribution in [2.45, 2.75) is 64.2 Å². The van der Waals surface area contributed by atoms with Crippen LogP contribution in [0.4, 0.5) is 5.82 Å². The van der Waals surface area contributed by atoms with E-state index in [1.807, 2.05) is 30.3 Å². The van der Waals surface area contributed by atoms with Crippen LogP contribution < -0.4 is 15.0 Å². The zero-order valence-electron chi connectivity index (χ0n) is 22.3. The fourth-order valence-electron chi connectivity index (χ4n) is 5.36. The molecule has 194 valence electrons. The smallest absolute Gasteiger partial charge is 0.139 e. The first-order valence-corrected chi connectivity index (χ1v) is 14.0. The molecule has 1 aromatic heterocycles. The third-order valence-electron chi connectivity index (χ3n) is 7.47. The van der Waals surface area contributed by atoms with Gasteiger partial charge in [-0.1, -0.05) is 56.0 Å². The van der Waals surface area contributed by atoms with Crippen LogP contribution in [0.15, 0.2) is 54.6 Å². The van der Waals surface area contributed by atoms with Crippen molar-refractivity contribution in [1.29, 1.82) is 0 Å². The van der Waals surface area contributed by atoms with Crippen molar-refractivity contribution in [1.82, 2.24) is 15.3 Å². The molecule has 1 aliphatic carbocycles. The summed E-state index contributed by atoms with van der Waals surface area (Å²) in [5.74, 6) is 4.76. The van der Waals surface area contributed by atoms with Gasteiger partial charge < -0.3 is 15.0 Å². The Morgan fingerprint density at radius 3 is 2.39 bits per heavy atom. The lowest BCUT2D eigenvalue weighted by molar-refractivity contribution is 0.251. The molecule has 36 heavy (non-hydrogen) atoms. The molecular weight excluding hydrogens is 444 g/mol. The normalized spacial score (nSPS) is 17.8. The highest BCUT2D eigenvalue weighted by Crippen LogP contribution is 2.32. The second kappa shape index (κ2) is 14.2. The SMILES string of the molecule is CN(C)c1nc(CCCCC2CCC(CNCCCCOc3ccccc3)CC2)nc2ccccc12. The fourth-order valence-corrected chi connectivity index (χ4v) is 5.36. The number of ether oxygens (including phenoxy) is 1. The van der Waals surface area contributed by atoms with Gasteiger partial charge in [-0.25, -0.2) is 9.97 Å². The molecule has 0 atom stereocenters. The van der Waals surface area contributed by atoms with Crippen molar-refractivity contribution in [2.24, 2.45) is 11.8 Å². The van der Waals surface area contributed by atoms with Crippen LogP contribution in [0, 0.1) is 11.8 Å². The van der Waals surface area contributed by atoms with E-state index in [0.29, 0.717) is 0 Å². The van der Waals surface area contributed by atoms with Crippen molar-refractivity contribution in [3.05, 3.63) is 60.4 Å². The Morgan fingerprint density at radius 2 is 1.58 bits per heavy atom. The lowest BCUT2D eigenvalue weighted by Crippen LogP contribution is -2.27. The molecule has 1 aliphatic rings. The Kier molecular flexibility index (Phi) is 10.4. The van der Waals surface area contributed by atoms with Crippen LogP contribution in [0.2, 0.25) is 0 Å². The lowest BCUT2D eigenvalue weighted by atomic mass is 9.79. The maximum absolute atomic E-state index is 5.77. The molecule has 0 aliphatic heterocycles. The standard InChI is InChI=1S/C31H44N4O/c1-35(2)31-28-15-7-8-16-29(28)33-30(34-31)17-9-6-12-25-18-20-26(21-19-25)24-32-22-10-11-23-36-27-13-4-3-5-14-27/h3-5,7-8,13-16,25-26,32H,6,9-12,17-24H2,1-2H3. The maximum atomic E-state index is 5.77. The quantitative estimate of drug-likeness (QED) is 0.257. The molecule has 0 amide bonds. The van der Waals surface area contributed by atoms with Gasteiger partial charge in [0.05, 0.1) is 12.1 Å². The highest BCUT2D eigenvalue weighted by molar-refractivity contribution is 5.89. The molecule has 4 rings (SSSR count). The van der Waals surface area contributed by atoms with Gasteiger partial charge >= 0.3 is 0 Å². The summed E-state index contributed by atoms with van der Waals surface area (Å²) in [4.78, 5) is 11.8. The van der Waals surface area contributed by atoms with Crippen LogP contribution >= 0.6 is 0 Å². The molecule has 1 heterocycles. The van der Waals surface area contributed by atoms with Crippen LogP contribution in [0.3, 0.4) is 0 Å². The summed E-state index contributed by atoms with van der Waals surface area (Å²) in [7, 11) is 4.12. The van der Waals surface area contributed by atoms with Gasteiger partial charge in [0, 0.05) is 25.9 Å². The molecule has 0 radical (unpaired) electrons. The van der Waals surface area contributed by atoms with E-state index in [2.05, 4.69) is 48.6 Å². The van der Waals surface area contributed by atoms with Crippen LogP contribution in [0.5, 0.6) is 5.75 Å². The average molecular weight is 489 g/mol. The van der Waals surface area contributed by atoms with Crippen LogP contribution in [-0.2, 0) is 6.42 Å². The minimum absolute atomic E-state index is 0.806. The number of aryl methyl sites for hydroxylation is 1. The van der Waals surface area contributed by atoms with Gasteiger partial charge in [0.2, 0.25) is 0 Å². The molecule has 5 heteroatoms. The Bertz CT molecular complexity index is 1030. The van der Waals surface area contributed by atoms with Gasteiger partial charge in [-0.05, 0) is 81.3 Å². The number of nitrogens with zero attached hydrogens (tertiary/aromatic N) is 3. The lowest BCUT2D eigenvalue weighted by Gasteiger charge is -2.28. The molecule has 0 bridgehead atoms. The van der Waals surface area contributed by atoms with Crippen LogP contribution in [0.1, 0.15) is 63.6 Å². The van der Waals surface area contributed by atoms with Crippen molar-refractivity contribution in [3.8, 4) is 5.75 Å². The number of benzene rings is 2. The number of para-hydroxylation sites is 2. The van der Waals surface area contributed by atoms with E-state index in [1.54, 1.807) is 0 Å². The van der Waals surface area contributed by atoms with Gasteiger partial charge in [0.25, 0.3) is 0 Å². The summed E-state index contributed by atoms with van der Waals surface area (Å²) in [5, 5.41) is 4.83. The Balaban J connectivity index is 1.05. The molecule has 1 fully saturated rings. The summed E-state index contributed by atoms with van der Waals surface area (Å²) in [6.07, 6.45) is 12.6. The molecule has 2 aromatic carbocycles. The second-order valence-corrected chi connectivity index (χ2v) is 10.6. The molecule has 0 unspecified atom stereocenters. The van der Waals surface area contributed by atoms with E-state index >= 15 is 0 Å². The summed E-state index contributed by atoms with van der Waals surface area (Å²) in [5.41, 5.74) is 1.05. The first-order valence-electron chi connectivity index (χ1n) is 14.0. The third-order valence-corrected chi connectivity index (χ3v) is 7.47. The summed E-state index contributed by atoms with van der Waals surface area (Å²) < 4.78 is 5.77. The summed E-state index contributed by atoms with van der Waals surface area (Å²) in [6, 6.07) is 18.4. The molecule has 0 spiro atoms. The van der Waals surface area contributed by atoms with Gasteiger partial charge in [-0.2, -0.15) is 0 Å². The van der Waals surface area contributed by atoms with Gasteiger partial charge in [0.1, 0.15) is 17.4 Å². The molecule has 0 saturated heterocycles. The van der Waals surface area contributed by atoms with Crippen molar-refractivity contribution in [3.63, 3.8) is 0 Å². The predicted octanol–water partition coefficient (Wildman–Crippen LogP) is 6.66. The number of hydrogen-bond donors (Lipinski definition) is 1. The van der Waals surface area contributed by atoms with Crippen molar-refractivity contribution >= 4 is 16.7 Å². The Morgan fingerprint density at radius 1 is 0.833 bits per heavy atom. The number of aromatic nitrogens is 2. The summed E-state index contributed by atoms with van der Waals surface area (Å²) in [6.45, 7) is 3.09. The maximum Gasteiger partial charge on any atom is 0.139 e. The van der Waals surface area contributed by atoms with Gasteiger partial charge in [-0.3, -0.25) is 0 Å². The zero-order chi connectivity index (χ0) is 25.0. The van der Waals surface area contributed by atoms with Crippen LogP contribution in [-0.4, -0.2) is 43.8 Å². The number of anilines is 1. The largest absolute Gasteiger partial charge is 0.494 e. The number of hydrogen-bond acceptors (Lipinski definition) is 5. The minimum Gasteiger partial charge on any atom is -0.494 e. The minimum atomic E-state index is 0.806. The summed E-state index contributed by atoms with van der Waals surface area (Å²) >= 11 is 0. The average Bonchev–Trinajstić information content (AvgIpc) is 2.91. The molecule has 1 saturated carbocycles. The van der Waals surface area contributed by atoms with Crippen molar-refractivity contribution < 1.29 is 4.74 Å². The number of rotatable bonds is 14. The van der Waals surface area contributed by atoms with E-state index in [1.165, 1.54) is 57.9 Å². The van der Waals surface area contributed by atoms with E-state index < -0.39 is 0 Å². The highest BCUT2D eigenvalue weighted by atomic mass is 16.5. The van der Waals surface area contributed by atoms with Gasteiger partial charge in [-0.15, -0.1) is 0 Å². The third kappa shape index (κ3) is 8.19. The molecule has 1 N–H and O–H groups in total. The Labute approximate surface area is 217 Å². The van der Waals surface area contributed by atoms with Crippen LogP contribution in [0.25, 0.3) is 10.9 Å². The predicted molar refractivity (Wildman–Crippen MR) is 151 cm³/mol. The molecule has 5 nitrogen and oxygen atoms in total. The number of fused-ring (bicyclic) bond motifs is 1. The van der Waals surface area contributed by atoms with E-state index in [0.717, 1.165) is 66.1 Å². The number of unbranched alkanes of at least 4 members (excludes halogenated alkanes) is 2. The number of nitrogens with one attached hydrogen (secondary N) is 1. The topological polar surface area (TPSA) is 50.3 Å². The van der Waals surface area contributed by atoms with E-state index in [4.69, 9.17) is 14.7 Å². The fraction of sp³-hybridized carbons (Fsp3) is 0.548. The zero-order valence-corrected chi connectivity index (χ0v) is 22.3. The van der Waals surface area contributed by atoms with Crippen molar-refractivity contribution in [2.75, 3.05) is 38.7 Å². The van der Waals surface area contributed by atoms with Gasteiger partial charge in [0.15, 0.2) is 0 Å².